The highest BCUT2D eigenvalue weighted by Crippen LogP contribution is 2.29. The number of rotatable bonds is 9. The van der Waals surface area contributed by atoms with Crippen LogP contribution in [-0.4, -0.2) is 40.6 Å². The van der Waals surface area contributed by atoms with Crippen LogP contribution in [0.4, 0.5) is 0 Å². The lowest BCUT2D eigenvalue weighted by atomic mass is 10.0. The molecule has 136 valence electrons. The summed E-state index contributed by atoms with van der Waals surface area (Å²) in [7, 11) is 0. The minimum Gasteiger partial charge on any atom is -0.479 e. The lowest BCUT2D eigenvalue weighted by molar-refractivity contribution is -0.156. The molecule has 1 heterocycles. The Balaban J connectivity index is 2.18. The van der Waals surface area contributed by atoms with Gasteiger partial charge in [-0.1, -0.05) is 62.6 Å². The first-order valence-corrected chi connectivity index (χ1v) is 8.55. The molecule has 2 atom stereocenters. The molecule has 1 fully saturated rings. The number of carboxylic acids is 2. The Morgan fingerprint density at radius 1 is 1.00 bits per heavy atom. The Morgan fingerprint density at radius 2 is 1.60 bits per heavy atom. The molecule has 6 nitrogen and oxygen atoms in total. The minimum absolute atomic E-state index is 0.665. The summed E-state index contributed by atoms with van der Waals surface area (Å²) < 4.78 is 10.8. The minimum atomic E-state index is -1.50. The molecule has 1 aromatic carbocycles. The Hall–Kier alpha value is -2.18. The van der Waals surface area contributed by atoms with Crippen LogP contribution in [0.3, 0.4) is 0 Å². The van der Waals surface area contributed by atoms with Gasteiger partial charge in [0.25, 0.3) is 0 Å². The summed E-state index contributed by atoms with van der Waals surface area (Å²) in [6.07, 6.45) is 2.76. The second-order valence-corrected chi connectivity index (χ2v) is 6.06. The standard InChI is InChI=1S/C19H24O6/c1-2-3-4-8-11-14(12-13-9-6-5-7-10-13)19-24-15(17(20)21)16(25-19)18(22)23/h5-7,9-10,12,15-16,19H,2-4,8,11H2,1H3,(H,20,21)(H,22,23)/b14-12-. The molecule has 1 aromatic rings. The van der Waals surface area contributed by atoms with Crippen molar-refractivity contribution in [1.82, 2.24) is 0 Å². The SMILES string of the molecule is CCCCCC/C(=C/c1ccccc1)C1OC(C(=O)O)C(C(=O)O)O1. The average Bonchev–Trinajstić information content (AvgIpc) is 3.04. The van der Waals surface area contributed by atoms with E-state index >= 15 is 0 Å². The summed E-state index contributed by atoms with van der Waals surface area (Å²) in [5.41, 5.74) is 1.70. The molecule has 0 aliphatic carbocycles. The first-order chi connectivity index (χ1) is 12.0. The molecule has 2 rings (SSSR count). The maximum atomic E-state index is 11.3. The summed E-state index contributed by atoms with van der Waals surface area (Å²) in [4.78, 5) is 22.5. The number of benzene rings is 1. The lowest BCUT2D eigenvalue weighted by Gasteiger charge is -2.15. The van der Waals surface area contributed by atoms with E-state index in [2.05, 4.69) is 6.92 Å². The maximum Gasteiger partial charge on any atom is 0.336 e. The molecule has 2 unspecified atom stereocenters. The van der Waals surface area contributed by atoms with Crippen molar-refractivity contribution < 1.29 is 29.3 Å². The van der Waals surface area contributed by atoms with Crippen LogP contribution >= 0.6 is 0 Å². The monoisotopic (exact) mass is 348 g/mol. The van der Waals surface area contributed by atoms with Gasteiger partial charge < -0.3 is 19.7 Å². The van der Waals surface area contributed by atoms with Gasteiger partial charge in [-0.15, -0.1) is 0 Å². The fraction of sp³-hybridized carbons (Fsp3) is 0.474. The molecular formula is C19H24O6. The van der Waals surface area contributed by atoms with Crippen molar-refractivity contribution in [3.8, 4) is 0 Å². The molecular weight excluding hydrogens is 324 g/mol. The summed E-state index contributed by atoms with van der Waals surface area (Å²) >= 11 is 0. The van der Waals surface area contributed by atoms with Gasteiger partial charge in [0, 0.05) is 0 Å². The van der Waals surface area contributed by atoms with Gasteiger partial charge in [-0.05, 0) is 24.0 Å². The number of carbonyl (C=O) groups is 2. The van der Waals surface area contributed by atoms with Crippen molar-refractivity contribution in [2.24, 2.45) is 0 Å². The van der Waals surface area contributed by atoms with Gasteiger partial charge in [-0.25, -0.2) is 9.59 Å². The molecule has 1 aliphatic rings. The van der Waals surface area contributed by atoms with Crippen molar-refractivity contribution in [1.29, 1.82) is 0 Å². The van der Waals surface area contributed by atoms with Crippen LogP contribution in [0.5, 0.6) is 0 Å². The molecule has 0 spiro atoms. The molecule has 0 bridgehead atoms. The van der Waals surface area contributed by atoms with Gasteiger partial charge in [0.05, 0.1) is 0 Å². The van der Waals surface area contributed by atoms with Crippen molar-refractivity contribution >= 4 is 18.0 Å². The van der Waals surface area contributed by atoms with Crippen molar-refractivity contribution in [3.63, 3.8) is 0 Å². The van der Waals surface area contributed by atoms with Crippen LogP contribution in [0.1, 0.15) is 44.6 Å². The first-order valence-electron chi connectivity index (χ1n) is 8.55. The number of unbranched alkanes of at least 4 members (excludes halogenated alkanes) is 3. The number of hydrogen-bond acceptors (Lipinski definition) is 4. The largest absolute Gasteiger partial charge is 0.479 e. The van der Waals surface area contributed by atoms with Crippen molar-refractivity contribution in [2.75, 3.05) is 0 Å². The van der Waals surface area contributed by atoms with Gasteiger partial charge in [0.15, 0.2) is 18.5 Å². The third-order valence-corrected chi connectivity index (χ3v) is 4.08. The van der Waals surface area contributed by atoms with E-state index in [9.17, 15) is 19.8 Å². The first kappa shape index (κ1) is 19.1. The fourth-order valence-corrected chi connectivity index (χ4v) is 2.77. The van der Waals surface area contributed by atoms with Crippen LogP contribution in [0.15, 0.2) is 35.9 Å². The highest BCUT2D eigenvalue weighted by molar-refractivity contribution is 5.84. The summed E-state index contributed by atoms with van der Waals surface area (Å²) in [6, 6.07) is 9.55. The molecule has 0 aromatic heterocycles. The van der Waals surface area contributed by atoms with E-state index in [1.165, 1.54) is 0 Å². The van der Waals surface area contributed by atoms with Crippen LogP contribution in [0.25, 0.3) is 6.08 Å². The maximum absolute atomic E-state index is 11.3. The summed E-state index contributed by atoms with van der Waals surface area (Å²) in [5.74, 6) is -2.67. The summed E-state index contributed by atoms with van der Waals surface area (Å²) in [6.45, 7) is 2.12. The molecule has 0 saturated carbocycles. The molecule has 1 saturated heterocycles. The number of aliphatic carboxylic acids is 2. The fourth-order valence-electron chi connectivity index (χ4n) is 2.77. The number of hydrogen-bond donors (Lipinski definition) is 2. The predicted molar refractivity (Wildman–Crippen MR) is 92.0 cm³/mol. The van der Waals surface area contributed by atoms with E-state index in [1.807, 2.05) is 36.4 Å². The van der Waals surface area contributed by atoms with Crippen molar-refractivity contribution in [3.05, 3.63) is 41.5 Å². The van der Waals surface area contributed by atoms with Gasteiger partial charge in [-0.2, -0.15) is 0 Å². The average molecular weight is 348 g/mol. The van der Waals surface area contributed by atoms with Gasteiger partial charge >= 0.3 is 11.9 Å². The zero-order valence-corrected chi connectivity index (χ0v) is 14.3. The van der Waals surface area contributed by atoms with E-state index in [0.717, 1.165) is 36.8 Å². The Morgan fingerprint density at radius 3 is 2.12 bits per heavy atom. The van der Waals surface area contributed by atoms with E-state index in [-0.39, 0.29) is 0 Å². The zero-order valence-electron chi connectivity index (χ0n) is 14.3. The van der Waals surface area contributed by atoms with E-state index < -0.39 is 30.4 Å². The van der Waals surface area contributed by atoms with Crippen LogP contribution < -0.4 is 0 Å². The van der Waals surface area contributed by atoms with Crippen LogP contribution in [0, 0.1) is 0 Å². The zero-order chi connectivity index (χ0) is 18.2. The second kappa shape index (κ2) is 9.34. The van der Waals surface area contributed by atoms with Crippen LogP contribution in [-0.2, 0) is 19.1 Å². The molecule has 2 N–H and O–H groups in total. The normalized spacial score (nSPS) is 23.6. The van der Waals surface area contributed by atoms with Gasteiger partial charge in [-0.3, -0.25) is 0 Å². The number of ether oxygens (including phenoxy) is 2. The highest BCUT2D eigenvalue weighted by atomic mass is 16.7. The summed E-state index contributed by atoms with van der Waals surface area (Å²) in [5, 5.41) is 18.4. The van der Waals surface area contributed by atoms with E-state index in [0.29, 0.717) is 6.42 Å². The molecule has 1 aliphatic heterocycles. The smallest absolute Gasteiger partial charge is 0.336 e. The highest BCUT2D eigenvalue weighted by Gasteiger charge is 2.46. The van der Waals surface area contributed by atoms with Crippen LogP contribution in [0.2, 0.25) is 0 Å². The lowest BCUT2D eigenvalue weighted by Crippen LogP contribution is -2.36. The second-order valence-electron chi connectivity index (χ2n) is 6.06. The van der Waals surface area contributed by atoms with Gasteiger partial charge in [0.2, 0.25) is 0 Å². The Bertz CT molecular complexity index is 588. The molecule has 0 radical (unpaired) electrons. The van der Waals surface area contributed by atoms with Crippen molar-refractivity contribution in [2.45, 2.75) is 57.5 Å². The predicted octanol–water partition coefficient (Wildman–Crippen LogP) is 3.32. The number of carboxylic acid groups (broad SMARTS) is 2. The quantitative estimate of drug-likeness (QED) is 0.665. The van der Waals surface area contributed by atoms with E-state index in [4.69, 9.17) is 9.47 Å². The molecule has 6 heteroatoms. The Kier molecular flexibility index (Phi) is 7.16. The van der Waals surface area contributed by atoms with E-state index in [1.54, 1.807) is 0 Å². The topological polar surface area (TPSA) is 93.1 Å². The van der Waals surface area contributed by atoms with Gasteiger partial charge in [0.1, 0.15) is 0 Å². The molecule has 25 heavy (non-hydrogen) atoms. The third-order valence-electron chi connectivity index (χ3n) is 4.08. The Labute approximate surface area is 147 Å². The molecule has 0 amide bonds. The third kappa shape index (κ3) is 5.41.